The van der Waals surface area contributed by atoms with Crippen molar-refractivity contribution in [2.24, 2.45) is 4.99 Å². The van der Waals surface area contributed by atoms with E-state index in [9.17, 15) is 14.5 Å². The molecular weight excluding hydrogens is 306 g/mol. The molecule has 2 aromatic rings. The maximum atomic E-state index is 13.5. The fourth-order valence-corrected chi connectivity index (χ4v) is 1.92. The molecule has 0 amide bonds. The molecule has 2 rings (SSSR count). The van der Waals surface area contributed by atoms with Crippen molar-refractivity contribution in [3.8, 4) is 0 Å². The van der Waals surface area contributed by atoms with Gasteiger partial charge in [0, 0.05) is 28.9 Å². The standard InChI is InChI=1S/C13H7Cl2FN2O2/c14-9-2-1-8(11(15)5-9)7-17-13-6-10(18(19)20)3-4-12(13)16/h1-7H. The van der Waals surface area contributed by atoms with E-state index in [1.54, 1.807) is 12.1 Å². The Balaban J connectivity index is 2.35. The maximum absolute atomic E-state index is 13.5. The van der Waals surface area contributed by atoms with Crippen molar-refractivity contribution in [1.82, 2.24) is 0 Å². The van der Waals surface area contributed by atoms with Crippen LogP contribution in [0.3, 0.4) is 0 Å². The third-order valence-corrected chi connectivity index (χ3v) is 3.01. The first-order chi connectivity index (χ1) is 9.47. The molecule has 102 valence electrons. The molecule has 0 aliphatic carbocycles. The molecule has 20 heavy (non-hydrogen) atoms. The Labute approximate surface area is 123 Å². The fraction of sp³-hybridized carbons (Fsp3) is 0. The van der Waals surface area contributed by atoms with Crippen molar-refractivity contribution in [2.45, 2.75) is 0 Å². The Morgan fingerprint density at radius 2 is 1.95 bits per heavy atom. The molecule has 0 aromatic heterocycles. The second-order valence-corrected chi connectivity index (χ2v) is 4.66. The van der Waals surface area contributed by atoms with Crippen LogP contribution in [0.15, 0.2) is 41.4 Å². The number of nitro groups is 1. The van der Waals surface area contributed by atoms with E-state index in [1.807, 2.05) is 0 Å². The highest BCUT2D eigenvalue weighted by Crippen LogP contribution is 2.25. The highest BCUT2D eigenvalue weighted by Gasteiger charge is 2.09. The number of non-ortho nitro benzene ring substituents is 1. The molecule has 0 saturated heterocycles. The average molecular weight is 313 g/mol. The second kappa shape index (κ2) is 5.98. The molecule has 0 N–H and O–H groups in total. The van der Waals surface area contributed by atoms with Gasteiger partial charge in [0.15, 0.2) is 0 Å². The van der Waals surface area contributed by atoms with Crippen LogP contribution in [0.5, 0.6) is 0 Å². The zero-order chi connectivity index (χ0) is 14.7. The van der Waals surface area contributed by atoms with Gasteiger partial charge in [0.2, 0.25) is 0 Å². The summed E-state index contributed by atoms with van der Waals surface area (Å²) >= 11 is 11.7. The topological polar surface area (TPSA) is 55.5 Å². The first-order valence-electron chi connectivity index (χ1n) is 5.40. The number of aliphatic imine (C=N–C) groups is 1. The van der Waals surface area contributed by atoms with Gasteiger partial charge < -0.3 is 0 Å². The summed E-state index contributed by atoms with van der Waals surface area (Å²) in [5.41, 5.74) is 0.160. The van der Waals surface area contributed by atoms with Crippen molar-refractivity contribution in [3.05, 3.63) is 67.9 Å². The molecule has 7 heteroatoms. The van der Waals surface area contributed by atoms with Gasteiger partial charge in [-0.15, -0.1) is 0 Å². The van der Waals surface area contributed by atoms with Crippen molar-refractivity contribution in [1.29, 1.82) is 0 Å². The molecule has 0 spiro atoms. The minimum atomic E-state index is -0.656. The average Bonchev–Trinajstić information content (AvgIpc) is 2.39. The molecule has 0 unspecified atom stereocenters. The zero-order valence-corrected chi connectivity index (χ0v) is 11.4. The fourth-order valence-electron chi connectivity index (χ4n) is 1.46. The van der Waals surface area contributed by atoms with Gasteiger partial charge in [-0.2, -0.15) is 0 Å². The maximum Gasteiger partial charge on any atom is 0.271 e. The van der Waals surface area contributed by atoms with Gasteiger partial charge >= 0.3 is 0 Å². The number of rotatable bonds is 3. The number of hydrogen-bond acceptors (Lipinski definition) is 3. The van der Waals surface area contributed by atoms with E-state index in [4.69, 9.17) is 23.2 Å². The summed E-state index contributed by atoms with van der Waals surface area (Å²) in [6.45, 7) is 0. The summed E-state index contributed by atoms with van der Waals surface area (Å²) in [5, 5.41) is 11.4. The highest BCUT2D eigenvalue weighted by molar-refractivity contribution is 6.36. The summed E-state index contributed by atoms with van der Waals surface area (Å²) in [5.74, 6) is -0.656. The van der Waals surface area contributed by atoms with Crippen LogP contribution in [-0.2, 0) is 0 Å². The van der Waals surface area contributed by atoms with Gasteiger partial charge in [-0.3, -0.25) is 15.1 Å². The van der Waals surface area contributed by atoms with Crippen LogP contribution in [0.1, 0.15) is 5.56 Å². The van der Waals surface area contributed by atoms with Crippen LogP contribution < -0.4 is 0 Å². The van der Waals surface area contributed by atoms with Crippen LogP contribution in [0.25, 0.3) is 0 Å². The van der Waals surface area contributed by atoms with Crippen LogP contribution in [0.2, 0.25) is 10.0 Å². The van der Waals surface area contributed by atoms with E-state index in [0.29, 0.717) is 15.6 Å². The van der Waals surface area contributed by atoms with Crippen molar-refractivity contribution < 1.29 is 9.31 Å². The lowest BCUT2D eigenvalue weighted by atomic mass is 10.2. The van der Waals surface area contributed by atoms with Crippen molar-refractivity contribution >= 4 is 40.8 Å². The molecule has 0 aliphatic rings. The second-order valence-electron chi connectivity index (χ2n) is 3.82. The van der Waals surface area contributed by atoms with Gasteiger partial charge in [0.1, 0.15) is 11.5 Å². The Kier molecular flexibility index (Phi) is 4.32. The summed E-state index contributed by atoms with van der Waals surface area (Å²) in [6, 6.07) is 7.86. The van der Waals surface area contributed by atoms with Gasteiger partial charge in [0.25, 0.3) is 5.69 Å². The number of halogens is 3. The lowest BCUT2D eigenvalue weighted by molar-refractivity contribution is -0.384. The van der Waals surface area contributed by atoms with Crippen molar-refractivity contribution in [3.63, 3.8) is 0 Å². The minimum absolute atomic E-state index is 0.134. The quantitative estimate of drug-likeness (QED) is 0.464. The molecule has 4 nitrogen and oxygen atoms in total. The van der Waals surface area contributed by atoms with Gasteiger partial charge in [-0.25, -0.2) is 4.39 Å². The van der Waals surface area contributed by atoms with Gasteiger partial charge in [-0.05, 0) is 18.2 Å². The summed E-state index contributed by atoms with van der Waals surface area (Å²) < 4.78 is 13.5. The Morgan fingerprint density at radius 1 is 1.20 bits per heavy atom. The lowest BCUT2D eigenvalue weighted by Gasteiger charge is -1.99. The third-order valence-electron chi connectivity index (χ3n) is 2.45. The predicted octanol–water partition coefficient (Wildman–Crippen LogP) is 4.79. The minimum Gasteiger partial charge on any atom is -0.258 e. The largest absolute Gasteiger partial charge is 0.271 e. The summed E-state index contributed by atoms with van der Waals surface area (Å²) in [6.07, 6.45) is 1.32. The normalized spacial score (nSPS) is 10.9. The smallest absolute Gasteiger partial charge is 0.258 e. The molecule has 0 fully saturated rings. The molecule has 0 aliphatic heterocycles. The molecule has 2 aromatic carbocycles. The summed E-state index contributed by atoms with van der Waals surface area (Å²) in [7, 11) is 0. The van der Waals surface area contributed by atoms with Crippen LogP contribution in [0, 0.1) is 15.9 Å². The van der Waals surface area contributed by atoms with E-state index in [1.165, 1.54) is 12.3 Å². The number of nitrogens with zero attached hydrogens (tertiary/aromatic N) is 2. The first kappa shape index (κ1) is 14.4. The molecule has 0 heterocycles. The third kappa shape index (κ3) is 3.31. The number of nitro benzene ring substituents is 1. The number of hydrogen-bond donors (Lipinski definition) is 0. The van der Waals surface area contributed by atoms with Crippen LogP contribution in [-0.4, -0.2) is 11.1 Å². The van der Waals surface area contributed by atoms with E-state index in [2.05, 4.69) is 4.99 Å². The SMILES string of the molecule is O=[N+]([O-])c1ccc(F)c(N=Cc2ccc(Cl)cc2Cl)c1. The van der Waals surface area contributed by atoms with Crippen LogP contribution in [0.4, 0.5) is 15.8 Å². The van der Waals surface area contributed by atoms with E-state index < -0.39 is 10.7 Å². The predicted molar refractivity (Wildman–Crippen MR) is 76.8 cm³/mol. The molecule has 0 atom stereocenters. The van der Waals surface area contributed by atoms with E-state index in [-0.39, 0.29) is 11.4 Å². The van der Waals surface area contributed by atoms with Gasteiger partial charge in [-0.1, -0.05) is 29.3 Å². The number of benzene rings is 2. The molecular formula is C13H7Cl2FN2O2. The molecule has 0 radical (unpaired) electrons. The van der Waals surface area contributed by atoms with Crippen molar-refractivity contribution in [2.75, 3.05) is 0 Å². The van der Waals surface area contributed by atoms with E-state index in [0.717, 1.165) is 18.2 Å². The molecule has 0 bridgehead atoms. The molecule has 0 saturated carbocycles. The monoisotopic (exact) mass is 312 g/mol. The highest BCUT2D eigenvalue weighted by atomic mass is 35.5. The first-order valence-corrected chi connectivity index (χ1v) is 6.16. The Morgan fingerprint density at radius 3 is 2.60 bits per heavy atom. The Hall–Kier alpha value is -1.98. The summed E-state index contributed by atoms with van der Waals surface area (Å²) in [4.78, 5) is 13.9. The van der Waals surface area contributed by atoms with Crippen LogP contribution >= 0.6 is 23.2 Å². The Bertz CT molecular complexity index is 705. The van der Waals surface area contributed by atoms with E-state index >= 15 is 0 Å². The zero-order valence-electron chi connectivity index (χ0n) is 9.89. The lowest BCUT2D eigenvalue weighted by Crippen LogP contribution is -1.89. The van der Waals surface area contributed by atoms with Gasteiger partial charge in [0.05, 0.1) is 9.95 Å².